The molecule has 3 aromatic rings. The fourth-order valence-corrected chi connectivity index (χ4v) is 2.70. The summed E-state index contributed by atoms with van der Waals surface area (Å²) in [4.78, 5) is 23.9. The molecule has 1 heterocycles. The predicted molar refractivity (Wildman–Crippen MR) is 94.9 cm³/mol. The van der Waals surface area contributed by atoms with Crippen LogP contribution in [0, 0.1) is 0 Å². The average Bonchev–Trinajstić information content (AvgIpc) is 2.89. The summed E-state index contributed by atoms with van der Waals surface area (Å²) in [6.07, 6.45) is -3.84. The maximum Gasteiger partial charge on any atom is 0.419 e. The molecule has 0 aliphatic rings. The summed E-state index contributed by atoms with van der Waals surface area (Å²) in [6.45, 7) is 2.41. The van der Waals surface area contributed by atoms with E-state index in [0.717, 1.165) is 18.6 Å². The monoisotopic (exact) mass is 379 g/mol. The zero-order valence-electron chi connectivity index (χ0n) is 14.3. The fraction of sp³-hybridized carbons (Fsp3) is 0.222. The van der Waals surface area contributed by atoms with E-state index in [4.69, 9.17) is 4.42 Å². The van der Waals surface area contributed by atoms with Gasteiger partial charge >= 0.3 is 18.0 Å². The maximum atomic E-state index is 13.0. The van der Waals surface area contributed by atoms with Crippen LogP contribution in [0.25, 0.3) is 11.1 Å². The highest BCUT2D eigenvalue weighted by molar-refractivity contribution is 6.01. The summed E-state index contributed by atoms with van der Waals surface area (Å²) in [5.74, 6) is -0.507. The SMILES string of the molecule is CCCn1c(=O)oc2cc(NC(=O)Nc3ccccc3C(F)(F)F)ccc21. The van der Waals surface area contributed by atoms with Crippen LogP contribution in [0.4, 0.5) is 29.3 Å². The van der Waals surface area contributed by atoms with Crippen LogP contribution in [0.3, 0.4) is 0 Å². The number of hydrogen-bond acceptors (Lipinski definition) is 3. The second-order valence-electron chi connectivity index (χ2n) is 5.82. The number of urea groups is 1. The number of carbonyl (C=O) groups is 1. The second kappa shape index (κ2) is 7.18. The van der Waals surface area contributed by atoms with Gasteiger partial charge in [0.25, 0.3) is 0 Å². The van der Waals surface area contributed by atoms with Gasteiger partial charge in [0, 0.05) is 18.3 Å². The summed E-state index contributed by atoms with van der Waals surface area (Å²) in [7, 11) is 0. The Bertz CT molecular complexity index is 1040. The van der Waals surface area contributed by atoms with Gasteiger partial charge in [-0.1, -0.05) is 19.1 Å². The maximum absolute atomic E-state index is 13.0. The van der Waals surface area contributed by atoms with Crippen LogP contribution < -0.4 is 16.4 Å². The molecular weight excluding hydrogens is 363 g/mol. The number of fused-ring (bicyclic) bond motifs is 1. The van der Waals surface area contributed by atoms with E-state index in [9.17, 15) is 22.8 Å². The summed E-state index contributed by atoms with van der Waals surface area (Å²) >= 11 is 0. The van der Waals surface area contributed by atoms with Gasteiger partial charge in [0.05, 0.1) is 16.8 Å². The lowest BCUT2D eigenvalue weighted by Gasteiger charge is -2.14. The minimum absolute atomic E-state index is 0.280. The van der Waals surface area contributed by atoms with Crippen LogP contribution >= 0.6 is 0 Å². The number of halogens is 3. The van der Waals surface area contributed by atoms with Crippen molar-refractivity contribution in [3.8, 4) is 0 Å². The number of nitrogens with zero attached hydrogens (tertiary/aromatic N) is 1. The lowest BCUT2D eigenvalue weighted by atomic mass is 10.1. The van der Waals surface area contributed by atoms with Gasteiger partial charge in [-0.15, -0.1) is 0 Å². The van der Waals surface area contributed by atoms with Gasteiger partial charge < -0.3 is 15.1 Å². The zero-order valence-corrected chi connectivity index (χ0v) is 14.3. The van der Waals surface area contributed by atoms with E-state index in [1.54, 1.807) is 12.1 Å². The third-order valence-electron chi connectivity index (χ3n) is 3.85. The summed E-state index contributed by atoms with van der Waals surface area (Å²) < 4.78 is 45.6. The van der Waals surface area contributed by atoms with Crippen molar-refractivity contribution in [1.29, 1.82) is 0 Å². The van der Waals surface area contributed by atoms with Crippen molar-refractivity contribution >= 4 is 28.5 Å². The highest BCUT2D eigenvalue weighted by atomic mass is 19.4. The van der Waals surface area contributed by atoms with E-state index in [1.165, 1.54) is 22.8 Å². The molecule has 2 aromatic carbocycles. The normalized spacial score (nSPS) is 11.6. The third kappa shape index (κ3) is 3.97. The molecular formula is C18H16F3N3O3. The van der Waals surface area contributed by atoms with Crippen molar-refractivity contribution in [1.82, 2.24) is 4.57 Å². The molecule has 9 heteroatoms. The lowest BCUT2D eigenvalue weighted by Crippen LogP contribution is -2.21. The standard InChI is InChI=1S/C18H16F3N3O3/c1-2-9-24-14-8-7-11(10-15(14)27-17(24)26)22-16(25)23-13-6-4-3-5-12(13)18(19,20)21/h3-8,10H,2,9H2,1H3,(H2,22,23,25). The molecule has 0 fully saturated rings. The minimum atomic E-state index is -4.59. The second-order valence-corrected chi connectivity index (χ2v) is 5.82. The van der Waals surface area contributed by atoms with Crippen LogP contribution in [-0.4, -0.2) is 10.6 Å². The zero-order chi connectivity index (χ0) is 19.6. The Balaban J connectivity index is 1.80. The molecule has 3 rings (SSSR count). The minimum Gasteiger partial charge on any atom is -0.408 e. The number of oxazole rings is 1. The van der Waals surface area contributed by atoms with Crippen molar-refractivity contribution in [2.75, 3.05) is 10.6 Å². The molecule has 0 bridgehead atoms. The van der Waals surface area contributed by atoms with Crippen molar-refractivity contribution < 1.29 is 22.4 Å². The topological polar surface area (TPSA) is 76.3 Å². The average molecular weight is 379 g/mol. The van der Waals surface area contributed by atoms with Crippen LogP contribution in [0.2, 0.25) is 0 Å². The summed E-state index contributed by atoms with van der Waals surface area (Å²) in [5.41, 5.74) is -0.165. The van der Waals surface area contributed by atoms with Gasteiger partial charge in [0.1, 0.15) is 0 Å². The van der Waals surface area contributed by atoms with E-state index < -0.39 is 23.5 Å². The molecule has 0 saturated carbocycles. The Labute approximate surface area is 151 Å². The Morgan fingerprint density at radius 2 is 1.89 bits per heavy atom. The Morgan fingerprint density at radius 3 is 2.59 bits per heavy atom. The van der Waals surface area contributed by atoms with Gasteiger partial charge in [0.2, 0.25) is 0 Å². The molecule has 0 saturated heterocycles. The molecule has 2 N–H and O–H groups in total. The van der Waals surface area contributed by atoms with Gasteiger partial charge in [-0.3, -0.25) is 4.57 Å². The molecule has 6 nitrogen and oxygen atoms in total. The molecule has 1 aromatic heterocycles. The molecule has 27 heavy (non-hydrogen) atoms. The number of aromatic nitrogens is 1. The highest BCUT2D eigenvalue weighted by Crippen LogP contribution is 2.34. The number of alkyl halides is 3. The first kappa shape index (κ1) is 18.6. The van der Waals surface area contributed by atoms with Crippen LogP contribution in [0.1, 0.15) is 18.9 Å². The molecule has 0 spiro atoms. The molecule has 0 unspecified atom stereocenters. The first-order valence-corrected chi connectivity index (χ1v) is 8.17. The number of amides is 2. The smallest absolute Gasteiger partial charge is 0.408 e. The quantitative estimate of drug-likeness (QED) is 0.692. The lowest BCUT2D eigenvalue weighted by molar-refractivity contribution is -0.136. The molecule has 142 valence electrons. The summed E-state index contributed by atoms with van der Waals surface area (Å²) in [5, 5.41) is 4.62. The molecule has 2 amide bonds. The molecule has 0 atom stereocenters. The van der Waals surface area contributed by atoms with E-state index in [1.807, 2.05) is 6.92 Å². The van der Waals surface area contributed by atoms with Crippen LogP contribution in [0.15, 0.2) is 51.7 Å². The number of nitrogens with one attached hydrogen (secondary N) is 2. The Kier molecular flexibility index (Phi) is 4.93. The number of benzene rings is 2. The van der Waals surface area contributed by atoms with Gasteiger partial charge in [0.15, 0.2) is 5.58 Å². The fourth-order valence-electron chi connectivity index (χ4n) is 2.70. The number of anilines is 2. The molecule has 0 aliphatic carbocycles. The van der Waals surface area contributed by atoms with Crippen molar-refractivity contribution in [2.45, 2.75) is 26.1 Å². The van der Waals surface area contributed by atoms with Crippen molar-refractivity contribution in [3.05, 3.63) is 58.6 Å². The molecule has 0 radical (unpaired) electrons. The van der Waals surface area contributed by atoms with Crippen LogP contribution in [0.5, 0.6) is 0 Å². The first-order valence-electron chi connectivity index (χ1n) is 8.17. The Hall–Kier alpha value is -3.23. The van der Waals surface area contributed by atoms with E-state index >= 15 is 0 Å². The van der Waals surface area contributed by atoms with E-state index in [2.05, 4.69) is 10.6 Å². The van der Waals surface area contributed by atoms with E-state index in [0.29, 0.717) is 12.1 Å². The first-order chi connectivity index (χ1) is 12.8. The molecule has 0 aliphatic heterocycles. The summed E-state index contributed by atoms with van der Waals surface area (Å²) in [6, 6.07) is 8.42. The third-order valence-corrected chi connectivity index (χ3v) is 3.85. The van der Waals surface area contributed by atoms with Crippen molar-refractivity contribution in [3.63, 3.8) is 0 Å². The van der Waals surface area contributed by atoms with Gasteiger partial charge in [-0.05, 0) is 30.7 Å². The Morgan fingerprint density at radius 1 is 1.15 bits per heavy atom. The van der Waals surface area contributed by atoms with Crippen LogP contribution in [-0.2, 0) is 12.7 Å². The number of aryl methyl sites for hydroxylation is 1. The van der Waals surface area contributed by atoms with E-state index in [-0.39, 0.29) is 17.0 Å². The largest absolute Gasteiger partial charge is 0.419 e. The predicted octanol–water partition coefficient (Wildman–Crippen LogP) is 4.67. The number of carbonyl (C=O) groups excluding carboxylic acids is 1. The number of para-hydroxylation sites is 1. The van der Waals surface area contributed by atoms with Gasteiger partial charge in [-0.25, -0.2) is 9.59 Å². The number of hydrogen-bond donors (Lipinski definition) is 2. The van der Waals surface area contributed by atoms with Crippen molar-refractivity contribution in [2.24, 2.45) is 0 Å². The highest BCUT2D eigenvalue weighted by Gasteiger charge is 2.33. The van der Waals surface area contributed by atoms with Gasteiger partial charge in [-0.2, -0.15) is 13.2 Å². The number of rotatable bonds is 4.